The van der Waals surface area contributed by atoms with Crippen LogP contribution >= 0.6 is 12.2 Å². The van der Waals surface area contributed by atoms with Crippen molar-refractivity contribution in [2.24, 2.45) is 0 Å². The van der Waals surface area contributed by atoms with Gasteiger partial charge >= 0.3 is 5.97 Å². The van der Waals surface area contributed by atoms with Crippen molar-refractivity contribution >= 4 is 29.5 Å². The van der Waals surface area contributed by atoms with E-state index in [1.54, 1.807) is 0 Å². The van der Waals surface area contributed by atoms with Crippen LogP contribution in [0, 0.1) is 0 Å². The first-order valence-corrected chi connectivity index (χ1v) is 3.76. The van der Waals surface area contributed by atoms with Crippen LogP contribution < -0.4 is 5.32 Å². The predicted octanol–water partition coefficient (Wildman–Crippen LogP) is -0.0691. The zero-order valence-corrected chi connectivity index (χ0v) is 7.73. The van der Waals surface area contributed by atoms with Gasteiger partial charge in [-0.3, -0.25) is 9.59 Å². The number of carbonyl (C=O) groups is 2. The Kier molecular flexibility index (Phi) is 5.19. The normalized spacial score (nSPS) is 11.5. The SMILES string of the molecule is CC(=O)NCC([C]=S)OC(C)=O. The van der Waals surface area contributed by atoms with Crippen LogP contribution in [0.3, 0.4) is 0 Å². The van der Waals surface area contributed by atoms with Gasteiger partial charge in [-0.05, 0) is 0 Å². The predicted molar refractivity (Wildman–Crippen MR) is 46.8 cm³/mol. The number of hydrogen-bond acceptors (Lipinski definition) is 4. The summed E-state index contributed by atoms with van der Waals surface area (Å²) in [4.78, 5) is 20.9. The second-order valence-corrected chi connectivity index (χ2v) is 2.39. The largest absolute Gasteiger partial charge is 0.455 e. The van der Waals surface area contributed by atoms with Gasteiger partial charge in [0, 0.05) is 13.8 Å². The smallest absolute Gasteiger partial charge is 0.303 e. The molecule has 0 aromatic carbocycles. The van der Waals surface area contributed by atoms with Crippen molar-refractivity contribution in [3.63, 3.8) is 0 Å². The lowest BCUT2D eigenvalue weighted by molar-refractivity contribution is -0.143. The highest BCUT2D eigenvalue weighted by molar-refractivity contribution is 7.79. The third-order valence-electron chi connectivity index (χ3n) is 0.976. The molecule has 0 fully saturated rings. The van der Waals surface area contributed by atoms with Crippen molar-refractivity contribution in [2.75, 3.05) is 6.54 Å². The molecule has 0 heterocycles. The third-order valence-corrected chi connectivity index (χ3v) is 1.24. The maximum atomic E-state index is 10.4. The maximum Gasteiger partial charge on any atom is 0.303 e. The van der Waals surface area contributed by atoms with Gasteiger partial charge in [-0.1, -0.05) is 12.2 Å². The molecule has 1 N–H and O–H groups in total. The highest BCUT2D eigenvalue weighted by atomic mass is 32.1. The Morgan fingerprint density at radius 3 is 2.50 bits per heavy atom. The summed E-state index contributed by atoms with van der Waals surface area (Å²) in [6.07, 6.45) is -0.638. The molecule has 0 aromatic rings. The molecule has 0 aliphatic carbocycles. The van der Waals surface area contributed by atoms with Crippen LogP contribution in [0.4, 0.5) is 0 Å². The molecule has 4 nitrogen and oxygen atoms in total. The van der Waals surface area contributed by atoms with Gasteiger partial charge in [0.05, 0.1) is 11.9 Å². The van der Waals surface area contributed by atoms with Gasteiger partial charge < -0.3 is 10.1 Å². The second kappa shape index (κ2) is 5.65. The minimum absolute atomic E-state index is 0.179. The molecular weight excluding hydrogens is 178 g/mol. The van der Waals surface area contributed by atoms with E-state index >= 15 is 0 Å². The molecular formula is C7H10NO3S. The van der Waals surface area contributed by atoms with E-state index < -0.39 is 12.1 Å². The van der Waals surface area contributed by atoms with Gasteiger partial charge in [-0.2, -0.15) is 0 Å². The first-order valence-electron chi connectivity index (χ1n) is 3.35. The molecule has 1 radical (unpaired) electrons. The van der Waals surface area contributed by atoms with E-state index in [-0.39, 0.29) is 12.5 Å². The fourth-order valence-corrected chi connectivity index (χ4v) is 0.676. The molecule has 0 bridgehead atoms. The van der Waals surface area contributed by atoms with Crippen molar-refractivity contribution in [3.8, 4) is 0 Å². The van der Waals surface area contributed by atoms with Crippen LogP contribution in [-0.2, 0) is 14.3 Å². The quantitative estimate of drug-likeness (QED) is 0.495. The lowest BCUT2D eigenvalue weighted by atomic mass is 10.4. The summed E-state index contributed by atoms with van der Waals surface area (Å²) in [7, 11) is 0. The molecule has 0 saturated heterocycles. The van der Waals surface area contributed by atoms with Crippen LogP contribution in [0.15, 0.2) is 0 Å². The standard InChI is InChI=1S/C7H10NO3S/c1-5(9)8-3-7(4-12)11-6(2)10/h7H,3H2,1-2H3,(H,8,9). The van der Waals surface area contributed by atoms with Gasteiger partial charge in [0.25, 0.3) is 0 Å². The van der Waals surface area contributed by atoms with Gasteiger partial charge in [0.15, 0.2) is 6.10 Å². The summed E-state index contributed by atoms with van der Waals surface area (Å²) in [6.45, 7) is 2.82. The monoisotopic (exact) mass is 188 g/mol. The van der Waals surface area contributed by atoms with Gasteiger partial charge in [0.2, 0.25) is 5.91 Å². The highest BCUT2D eigenvalue weighted by Gasteiger charge is 2.08. The number of hydrogen-bond donors (Lipinski definition) is 1. The Labute approximate surface area is 76.3 Å². The molecule has 0 saturated carbocycles. The summed E-state index contributed by atoms with van der Waals surface area (Å²) < 4.78 is 4.68. The van der Waals surface area contributed by atoms with E-state index in [2.05, 4.69) is 27.6 Å². The van der Waals surface area contributed by atoms with Gasteiger partial charge in [0.1, 0.15) is 0 Å². The number of thiocarbonyl (C=S) groups is 1. The minimum atomic E-state index is -0.638. The van der Waals surface area contributed by atoms with Crippen molar-refractivity contribution in [2.45, 2.75) is 20.0 Å². The highest BCUT2D eigenvalue weighted by Crippen LogP contribution is 1.88. The first kappa shape index (κ1) is 11.0. The number of amides is 1. The van der Waals surface area contributed by atoms with Crippen molar-refractivity contribution in [1.82, 2.24) is 5.32 Å². The molecule has 0 aromatic heterocycles. The van der Waals surface area contributed by atoms with Crippen molar-refractivity contribution in [3.05, 3.63) is 0 Å². The molecule has 5 heteroatoms. The van der Waals surface area contributed by atoms with E-state index in [1.165, 1.54) is 13.8 Å². The average molecular weight is 188 g/mol. The second-order valence-electron chi connectivity index (χ2n) is 2.15. The first-order chi connectivity index (χ1) is 5.56. The number of esters is 1. The van der Waals surface area contributed by atoms with E-state index in [0.717, 1.165) is 0 Å². The molecule has 12 heavy (non-hydrogen) atoms. The van der Waals surface area contributed by atoms with Crippen molar-refractivity contribution < 1.29 is 14.3 Å². The van der Waals surface area contributed by atoms with E-state index in [1.807, 2.05) is 0 Å². The van der Waals surface area contributed by atoms with Gasteiger partial charge in [-0.25, -0.2) is 0 Å². The number of nitrogens with one attached hydrogen (secondary N) is 1. The molecule has 0 aliphatic heterocycles. The summed E-state index contributed by atoms with van der Waals surface area (Å²) in [5.74, 6) is -0.639. The maximum absolute atomic E-state index is 10.4. The van der Waals surface area contributed by atoms with Crippen LogP contribution in [0.25, 0.3) is 0 Å². The number of ether oxygens (including phenoxy) is 1. The Bertz CT molecular complexity index is 193. The summed E-state index contributed by atoms with van der Waals surface area (Å²) in [5.41, 5.74) is 0. The fourth-order valence-electron chi connectivity index (χ4n) is 0.544. The molecule has 1 amide bonds. The Balaban J connectivity index is 3.75. The Morgan fingerprint density at radius 2 is 2.17 bits per heavy atom. The van der Waals surface area contributed by atoms with Gasteiger partial charge in [-0.15, -0.1) is 0 Å². The van der Waals surface area contributed by atoms with Crippen LogP contribution in [0.1, 0.15) is 13.8 Å². The molecule has 1 atom stereocenters. The molecule has 0 rings (SSSR count). The number of rotatable bonds is 4. The molecule has 67 valence electrons. The Morgan fingerprint density at radius 1 is 1.58 bits per heavy atom. The Hall–Kier alpha value is -0.970. The fraction of sp³-hybridized carbons (Fsp3) is 0.571. The lowest BCUT2D eigenvalue weighted by Crippen LogP contribution is -2.33. The van der Waals surface area contributed by atoms with Crippen molar-refractivity contribution in [1.29, 1.82) is 0 Å². The zero-order chi connectivity index (χ0) is 9.56. The van der Waals surface area contributed by atoms with E-state index in [9.17, 15) is 9.59 Å². The average Bonchev–Trinajstić information content (AvgIpc) is 1.97. The van der Waals surface area contributed by atoms with E-state index in [4.69, 9.17) is 0 Å². The minimum Gasteiger partial charge on any atom is -0.455 e. The van der Waals surface area contributed by atoms with Crippen LogP contribution in [0.5, 0.6) is 0 Å². The zero-order valence-electron chi connectivity index (χ0n) is 6.92. The van der Waals surface area contributed by atoms with Crippen LogP contribution in [0.2, 0.25) is 0 Å². The molecule has 0 spiro atoms. The number of carbonyl (C=O) groups excluding carboxylic acids is 2. The third kappa shape index (κ3) is 5.79. The summed E-state index contributed by atoms with van der Waals surface area (Å²) >= 11 is 4.47. The van der Waals surface area contributed by atoms with E-state index in [0.29, 0.717) is 0 Å². The molecule has 1 unspecified atom stereocenters. The topological polar surface area (TPSA) is 55.4 Å². The summed E-state index contributed by atoms with van der Waals surface area (Å²) in [6, 6.07) is 0. The summed E-state index contributed by atoms with van der Waals surface area (Å²) in [5, 5.41) is 4.77. The lowest BCUT2D eigenvalue weighted by Gasteiger charge is -2.10. The van der Waals surface area contributed by atoms with Crippen LogP contribution in [-0.4, -0.2) is 29.9 Å². The molecule has 0 aliphatic rings.